The summed E-state index contributed by atoms with van der Waals surface area (Å²) in [4.78, 5) is 0. The quantitative estimate of drug-likeness (QED) is 0.568. The number of halogens is 1. The van der Waals surface area contributed by atoms with E-state index in [1.165, 1.54) is 5.56 Å². The lowest BCUT2D eigenvalue weighted by atomic mass is 10.1. The van der Waals surface area contributed by atoms with Crippen LogP contribution in [-0.2, 0) is 13.2 Å². The molecule has 0 aromatic heterocycles. The number of nitrogens with one attached hydrogen (secondary N) is 1. The van der Waals surface area contributed by atoms with E-state index in [0.29, 0.717) is 29.7 Å². The Bertz CT molecular complexity index is 865. The van der Waals surface area contributed by atoms with Crippen LogP contribution in [0.2, 0.25) is 5.02 Å². The Morgan fingerprint density at radius 1 is 0.962 bits per heavy atom. The first-order valence-electron chi connectivity index (χ1n) is 8.50. The molecule has 1 N–H and O–H groups in total. The van der Waals surface area contributed by atoms with E-state index >= 15 is 0 Å². The smallest absolute Gasteiger partial charge is 0.180 e. The van der Waals surface area contributed by atoms with Crippen molar-refractivity contribution in [2.45, 2.75) is 20.1 Å². The normalized spacial score (nSPS) is 10.4. The first-order valence-corrected chi connectivity index (χ1v) is 8.88. The van der Waals surface area contributed by atoms with Crippen LogP contribution in [0.3, 0.4) is 0 Å². The molecule has 0 heterocycles. The zero-order chi connectivity index (χ0) is 18.4. The van der Waals surface area contributed by atoms with Gasteiger partial charge in [0.15, 0.2) is 11.5 Å². The molecule has 4 heteroatoms. The van der Waals surface area contributed by atoms with Crippen molar-refractivity contribution in [2.75, 3.05) is 12.4 Å². The minimum absolute atomic E-state index is 0.449. The number of anilines is 1. The molecular weight excluding hydrogens is 346 g/mol. The van der Waals surface area contributed by atoms with Crippen LogP contribution in [0.25, 0.3) is 0 Å². The highest BCUT2D eigenvalue weighted by atomic mass is 35.5. The van der Waals surface area contributed by atoms with Crippen molar-refractivity contribution in [3.05, 3.63) is 88.4 Å². The second-order valence-electron chi connectivity index (χ2n) is 6.04. The van der Waals surface area contributed by atoms with Gasteiger partial charge in [-0.3, -0.25) is 0 Å². The Morgan fingerprint density at radius 2 is 1.69 bits per heavy atom. The second-order valence-corrected chi connectivity index (χ2v) is 6.45. The molecule has 0 aliphatic rings. The summed E-state index contributed by atoms with van der Waals surface area (Å²) in [5.41, 5.74) is 4.40. The minimum Gasteiger partial charge on any atom is -0.493 e. The number of para-hydroxylation sites is 1. The first-order chi connectivity index (χ1) is 12.7. The lowest BCUT2D eigenvalue weighted by Crippen LogP contribution is -2.03. The fourth-order valence-corrected chi connectivity index (χ4v) is 2.99. The topological polar surface area (TPSA) is 30.5 Å². The lowest BCUT2D eigenvalue weighted by Gasteiger charge is -2.15. The van der Waals surface area contributed by atoms with E-state index in [0.717, 1.165) is 16.8 Å². The monoisotopic (exact) mass is 367 g/mol. The molecule has 0 saturated heterocycles. The van der Waals surface area contributed by atoms with E-state index in [1.807, 2.05) is 60.7 Å². The summed E-state index contributed by atoms with van der Waals surface area (Å²) in [5.74, 6) is 1.21. The van der Waals surface area contributed by atoms with Crippen LogP contribution in [0.1, 0.15) is 16.7 Å². The van der Waals surface area contributed by atoms with Gasteiger partial charge < -0.3 is 14.8 Å². The predicted molar refractivity (Wildman–Crippen MR) is 107 cm³/mol. The fourth-order valence-electron chi connectivity index (χ4n) is 2.70. The number of aryl methyl sites for hydroxylation is 1. The molecule has 3 rings (SSSR count). The van der Waals surface area contributed by atoms with Crippen LogP contribution < -0.4 is 14.8 Å². The molecular formula is C22H22ClNO2. The summed E-state index contributed by atoms with van der Waals surface area (Å²) in [5, 5.41) is 3.91. The number of ether oxygens (including phenoxy) is 2. The molecule has 134 valence electrons. The highest BCUT2D eigenvalue weighted by Crippen LogP contribution is 2.37. The van der Waals surface area contributed by atoms with Gasteiger partial charge in [0.2, 0.25) is 0 Å². The summed E-state index contributed by atoms with van der Waals surface area (Å²) in [6.45, 7) is 3.17. The van der Waals surface area contributed by atoms with Crippen LogP contribution in [0.5, 0.6) is 11.5 Å². The molecule has 0 radical (unpaired) electrons. The number of benzene rings is 3. The Labute approximate surface area is 159 Å². The van der Waals surface area contributed by atoms with E-state index < -0.39 is 0 Å². The van der Waals surface area contributed by atoms with E-state index in [-0.39, 0.29) is 0 Å². The van der Waals surface area contributed by atoms with E-state index in [4.69, 9.17) is 21.1 Å². The lowest BCUT2D eigenvalue weighted by molar-refractivity contribution is 0.284. The van der Waals surface area contributed by atoms with Crippen molar-refractivity contribution < 1.29 is 9.47 Å². The number of hydrogen-bond acceptors (Lipinski definition) is 3. The van der Waals surface area contributed by atoms with Crippen molar-refractivity contribution >= 4 is 17.3 Å². The SMILES string of the molecule is COc1cc(CNc2ccccc2)cc(Cl)c1OCc1ccccc1C. The van der Waals surface area contributed by atoms with Gasteiger partial charge in [0.25, 0.3) is 0 Å². The molecule has 3 aromatic rings. The fraction of sp³-hybridized carbons (Fsp3) is 0.182. The molecule has 3 aromatic carbocycles. The summed E-state index contributed by atoms with van der Waals surface area (Å²) in [6, 6.07) is 22.0. The van der Waals surface area contributed by atoms with Crippen molar-refractivity contribution in [1.82, 2.24) is 0 Å². The maximum Gasteiger partial charge on any atom is 0.180 e. The van der Waals surface area contributed by atoms with E-state index in [9.17, 15) is 0 Å². The molecule has 0 aliphatic carbocycles. The molecule has 0 saturated carbocycles. The average molecular weight is 368 g/mol. The van der Waals surface area contributed by atoms with E-state index in [1.54, 1.807) is 7.11 Å². The van der Waals surface area contributed by atoms with Gasteiger partial charge in [0.05, 0.1) is 12.1 Å². The Hall–Kier alpha value is -2.65. The van der Waals surface area contributed by atoms with Crippen LogP contribution in [0.15, 0.2) is 66.7 Å². The van der Waals surface area contributed by atoms with Gasteiger partial charge in [-0.25, -0.2) is 0 Å². The zero-order valence-electron chi connectivity index (χ0n) is 15.0. The molecule has 0 aliphatic heterocycles. The summed E-state index contributed by atoms with van der Waals surface area (Å²) in [6.07, 6.45) is 0. The average Bonchev–Trinajstić information content (AvgIpc) is 2.67. The zero-order valence-corrected chi connectivity index (χ0v) is 15.7. The minimum atomic E-state index is 0.449. The van der Waals surface area contributed by atoms with Crippen LogP contribution in [0.4, 0.5) is 5.69 Å². The predicted octanol–water partition coefficient (Wildman–Crippen LogP) is 5.85. The molecule has 0 bridgehead atoms. The third-order valence-electron chi connectivity index (χ3n) is 4.19. The van der Waals surface area contributed by atoms with Gasteiger partial charge in [-0.1, -0.05) is 54.1 Å². The molecule has 0 fully saturated rings. The third-order valence-corrected chi connectivity index (χ3v) is 4.47. The first kappa shape index (κ1) is 18.2. The Kier molecular flexibility index (Phi) is 6.03. The molecule has 0 amide bonds. The summed E-state index contributed by atoms with van der Waals surface area (Å²) >= 11 is 6.47. The molecule has 26 heavy (non-hydrogen) atoms. The standard InChI is InChI=1S/C22H22ClNO2/c1-16-8-6-7-9-18(16)15-26-22-20(23)12-17(13-21(22)25-2)14-24-19-10-4-3-5-11-19/h3-13,24H,14-15H2,1-2H3. The number of rotatable bonds is 7. The number of hydrogen-bond donors (Lipinski definition) is 1. The Balaban J connectivity index is 1.73. The van der Waals surface area contributed by atoms with Crippen LogP contribution >= 0.6 is 11.6 Å². The number of methoxy groups -OCH3 is 1. The van der Waals surface area contributed by atoms with Gasteiger partial charge >= 0.3 is 0 Å². The highest BCUT2D eigenvalue weighted by molar-refractivity contribution is 6.32. The second kappa shape index (κ2) is 8.63. The van der Waals surface area contributed by atoms with Gasteiger partial charge in [0.1, 0.15) is 6.61 Å². The molecule has 0 unspecified atom stereocenters. The van der Waals surface area contributed by atoms with Crippen LogP contribution in [-0.4, -0.2) is 7.11 Å². The Morgan fingerprint density at radius 3 is 2.42 bits per heavy atom. The summed E-state index contributed by atoms with van der Waals surface area (Å²) in [7, 11) is 1.63. The van der Waals surface area contributed by atoms with Gasteiger partial charge in [-0.2, -0.15) is 0 Å². The molecule has 0 spiro atoms. The maximum atomic E-state index is 6.47. The highest BCUT2D eigenvalue weighted by Gasteiger charge is 2.13. The van der Waals surface area contributed by atoms with Crippen molar-refractivity contribution in [1.29, 1.82) is 0 Å². The molecule has 3 nitrogen and oxygen atoms in total. The summed E-state index contributed by atoms with van der Waals surface area (Å²) < 4.78 is 11.5. The van der Waals surface area contributed by atoms with Crippen molar-refractivity contribution in [2.24, 2.45) is 0 Å². The van der Waals surface area contributed by atoms with Crippen molar-refractivity contribution in [3.63, 3.8) is 0 Å². The van der Waals surface area contributed by atoms with Crippen LogP contribution in [0, 0.1) is 6.92 Å². The van der Waals surface area contributed by atoms with Gasteiger partial charge in [-0.05, 0) is 47.9 Å². The molecule has 0 atom stereocenters. The van der Waals surface area contributed by atoms with E-state index in [2.05, 4.69) is 18.3 Å². The van der Waals surface area contributed by atoms with Crippen molar-refractivity contribution in [3.8, 4) is 11.5 Å². The van der Waals surface area contributed by atoms with Gasteiger partial charge in [-0.15, -0.1) is 0 Å². The maximum absolute atomic E-state index is 6.47. The third kappa shape index (κ3) is 4.50. The van der Waals surface area contributed by atoms with Gasteiger partial charge in [0, 0.05) is 12.2 Å². The largest absolute Gasteiger partial charge is 0.493 e.